The monoisotopic (exact) mass is 496 g/mol. The van der Waals surface area contributed by atoms with E-state index in [0.717, 1.165) is 15.6 Å². The average Bonchev–Trinajstić information content (AvgIpc) is 3.27. The van der Waals surface area contributed by atoms with Gasteiger partial charge in [-0.15, -0.1) is 0 Å². The zero-order valence-electron chi connectivity index (χ0n) is 17.5. The molecule has 2 aromatic carbocycles. The standard InChI is InChI=1S/C24H21BrN2O5/c1-16-5-8-21(17(2)12-16)31-15-23(28)27-26-14-18-13-19(25)6-9-22(18)32-24(29)10-7-20-4-3-11-30-20/h3-14H,15H2,1-2H3,(H,27,28). The normalized spacial score (nSPS) is 11.1. The van der Waals surface area contributed by atoms with Gasteiger partial charge < -0.3 is 13.9 Å². The van der Waals surface area contributed by atoms with Gasteiger partial charge >= 0.3 is 5.97 Å². The quantitative estimate of drug-likeness (QED) is 0.159. The highest BCUT2D eigenvalue weighted by Gasteiger charge is 2.08. The molecule has 0 radical (unpaired) electrons. The van der Waals surface area contributed by atoms with Crippen molar-refractivity contribution in [1.29, 1.82) is 0 Å². The van der Waals surface area contributed by atoms with Crippen molar-refractivity contribution < 1.29 is 23.5 Å². The van der Waals surface area contributed by atoms with Crippen LogP contribution in [0.5, 0.6) is 11.5 Å². The molecule has 1 aromatic heterocycles. The summed E-state index contributed by atoms with van der Waals surface area (Å²) in [6, 6.07) is 14.2. The molecule has 0 unspecified atom stereocenters. The fourth-order valence-corrected chi connectivity index (χ4v) is 3.08. The first-order chi connectivity index (χ1) is 15.4. The topological polar surface area (TPSA) is 90.1 Å². The molecule has 0 aliphatic rings. The maximum atomic E-state index is 12.1. The lowest BCUT2D eigenvalue weighted by Gasteiger charge is -2.09. The van der Waals surface area contributed by atoms with Crippen molar-refractivity contribution in [1.82, 2.24) is 5.43 Å². The summed E-state index contributed by atoms with van der Waals surface area (Å²) in [4.78, 5) is 24.2. The SMILES string of the molecule is Cc1ccc(OCC(=O)NN=Cc2cc(Br)ccc2OC(=O)C=Cc2ccco2)c(C)c1. The molecule has 32 heavy (non-hydrogen) atoms. The number of hydrogen-bond donors (Lipinski definition) is 1. The number of aryl methyl sites for hydroxylation is 2. The van der Waals surface area contributed by atoms with Crippen LogP contribution in [0.4, 0.5) is 0 Å². The molecule has 7 nitrogen and oxygen atoms in total. The van der Waals surface area contributed by atoms with E-state index in [1.54, 1.807) is 30.3 Å². The molecular weight excluding hydrogens is 476 g/mol. The number of hydrazone groups is 1. The van der Waals surface area contributed by atoms with Crippen molar-refractivity contribution in [3.63, 3.8) is 0 Å². The summed E-state index contributed by atoms with van der Waals surface area (Å²) in [6.07, 6.45) is 5.66. The van der Waals surface area contributed by atoms with Crippen LogP contribution in [0.15, 0.2) is 74.9 Å². The molecule has 0 atom stereocenters. The maximum Gasteiger partial charge on any atom is 0.336 e. The number of carbonyl (C=O) groups excluding carboxylic acids is 2. The minimum Gasteiger partial charge on any atom is -0.483 e. The lowest BCUT2D eigenvalue weighted by molar-refractivity contribution is -0.129. The fourth-order valence-electron chi connectivity index (χ4n) is 2.70. The Morgan fingerprint density at radius 2 is 1.94 bits per heavy atom. The van der Waals surface area contributed by atoms with Gasteiger partial charge in [0.05, 0.1) is 12.5 Å². The van der Waals surface area contributed by atoms with Crippen LogP contribution < -0.4 is 14.9 Å². The molecule has 8 heteroatoms. The third kappa shape index (κ3) is 6.95. The van der Waals surface area contributed by atoms with E-state index in [0.29, 0.717) is 17.1 Å². The number of ether oxygens (including phenoxy) is 2. The summed E-state index contributed by atoms with van der Waals surface area (Å²) in [5, 5.41) is 3.94. The van der Waals surface area contributed by atoms with E-state index in [1.807, 2.05) is 32.0 Å². The molecule has 1 heterocycles. The molecule has 0 aliphatic carbocycles. The van der Waals surface area contributed by atoms with Crippen molar-refractivity contribution >= 4 is 40.1 Å². The van der Waals surface area contributed by atoms with Gasteiger partial charge in [-0.05, 0) is 61.9 Å². The molecule has 0 bridgehead atoms. The molecule has 1 N–H and O–H groups in total. The Bertz CT molecular complexity index is 1150. The van der Waals surface area contributed by atoms with Crippen molar-refractivity contribution in [3.05, 3.63) is 87.8 Å². The van der Waals surface area contributed by atoms with Crippen molar-refractivity contribution in [3.8, 4) is 11.5 Å². The maximum absolute atomic E-state index is 12.1. The summed E-state index contributed by atoms with van der Waals surface area (Å²) in [5.41, 5.74) is 4.96. The molecule has 3 rings (SSSR count). The van der Waals surface area contributed by atoms with Crippen LogP contribution in [0.2, 0.25) is 0 Å². The van der Waals surface area contributed by atoms with Gasteiger partial charge in [-0.3, -0.25) is 4.79 Å². The molecule has 3 aromatic rings. The van der Waals surface area contributed by atoms with Gasteiger partial charge in [-0.2, -0.15) is 5.10 Å². The third-order valence-electron chi connectivity index (χ3n) is 4.19. The molecule has 0 spiro atoms. The van der Waals surface area contributed by atoms with Gasteiger partial charge in [0.15, 0.2) is 6.61 Å². The molecule has 0 fully saturated rings. The number of carbonyl (C=O) groups is 2. The Kier molecular flexibility index (Phi) is 7.99. The first-order valence-corrected chi connectivity index (χ1v) is 10.4. The third-order valence-corrected chi connectivity index (χ3v) is 4.68. The zero-order chi connectivity index (χ0) is 22.9. The van der Waals surface area contributed by atoms with E-state index < -0.39 is 11.9 Å². The summed E-state index contributed by atoms with van der Waals surface area (Å²) in [7, 11) is 0. The van der Waals surface area contributed by atoms with E-state index in [-0.39, 0.29) is 12.4 Å². The highest BCUT2D eigenvalue weighted by molar-refractivity contribution is 9.10. The summed E-state index contributed by atoms with van der Waals surface area (Å²) < 4.78 is 16.8. The average molecular weight is 497 g/mol. The minimum absolute atomic E-state index is 0.181. The predicted octanol–water partition coefficient (Wildman–Crippen LogP) is 4.81. The van der Waals surface area contributed by atoms with E-state index >= 15 is 0 Å². The number of halogens is 1. The number of hydrogen-bond acceptors (Lipinski definition) is 6. The number of esters is 1. The number of amides is 1. The number of nitrogens with one attached hydrogen (secondary N) is 1. The molecule has 164 valence electrons. The van der Waals surface area contributed by atoms with Crippen LogP contribution >= 0.6 is 15.9 Å². The molecule has 0 aliphatic heterocycles. The number of furan rings is 1. The van der Waals surface area contributed by atoms with E-state index in [4.69, 9.17) is 13.9 Å². The summed E-state index contributed by atoms with van der Waals surface area (Å²) in [6.45, 7) is 3.72. The van der Waals surface area contributed by atoms with E-state index in [2.05, 4.69) is 26.5 Å². The van der Waals surface area contributed by atoms with Crippen LogP contribution in [0.1, 0.15) is 22.5 Å². The van der Waals surface area contributed by atoms with Crippen LogP contribution in [-0.2, 0) is 9.59 Å². The second-order valence-electron chi connectivity index (χ2n) is 6.80. The second-order valence-corrected chi connectivity index (χ2v) is 7.72. The second kappa shape index (κ2) is 11.1. The van der Waals surface area contributed by atoms with Gasteiger partial charge in [0.2, 0.25) is 0 Å². The van der Waals surface area contributed by atoms with Crippen molar-refractivity contribution in [2.24, 2.45) is 5.10 Å². The van der Waals surface area contributed by atoms with Crippen molar-refractivity contribution in [2.45, 2.75) is 13.8 Å². The van der Waals surface area contributed by atoms with Crippen LogP contribution in [0.3, 0.4) is 0 Å². The van der Waals surface area contributed by atoms with Crippen LogP contribution in [0, 0.1) is 13.8 Å². The van der Waals surface area contributed by atoms with Crippen molar-refractivity contribution in [2.75, 3.05) is 6.61 Å². The largest absolute Gasteiger partial charge is 0.483 e. The zero-order valence-corrected chi connectivity index (χ0v) is 19.1. The fraction of sp³-hybridized carbons (Fsp3) is 0.125. The Morgan fingerprint density at radius 1 is 1.12 bits per heavy atom. The van der Waals surface area contributed by atoms with E-state index in [9.17, 15) is 9.59 Å². The van der Waals surface area contributed by atoms with E-state index in [1.165, 1.54) is 24.6 Å². The Hall–Kier alpha value is -3.65. The van der Waals surface area contributed by atoms with Gasteiger partial charge in [0.1, 0.15) is 17.3 Å². The van der Waals surface area contributed by atoms with Crippen LogP contribution in [0.25, 0.3) is 6.08 Å². The first kappa shape index (κ1) is 23.0. The number of benzene rings is 2. The van der Waals surface area contributed by atoms with Gasteiger partial charge in [0.25, 0.3) is 5.91 Å². The Labute approximate surface area is 193 Å². The highest BCUT2D eigenvalue weighted by Crippen LogP contribution is 2.22. The molecule has 1 amide bonds. The molecule has 0 saturated heterocycles. The summed E-state index contributed by atoms with van der Waals surface area (Å²) in [5.74, 6) is 0.455. The Balaban J connectivity index is 1.57. The lowest BCUT2D eigenvalue weighted by atomic mass is 10.1. The molecule has 0 saturated carbocycles. The van der Waals surface area contributed by atoms with Crippen LogP contribution in [-0.4, -0.2) is 24.7 Å². The highest BCUT2D eigenvalue weighted by atomic mass is 79.9. The minimum atomic E-state index is -0.579. The molecular formula is C24H21BrN2O5. The number of rotatable bonds is 8. The van der Waals surface area contributed by atoms with Gasteiger partial charge in [0, 0.05) is 16.1 Å². The van der Waals surface area contributed by atoms with Gasteiger partial charge in [-0.1, -0.05) is 33.6 Å². The van der Waals surface area contributed by atoms with Gasteiger partial charge in [-0.25, -0.2) is 10.2 Å². The first-order valence-electron chi connectivity index (χ1n) is 9.65. The predicted molar refractivity (Wildman–Crippen MR) is 125 cm³/mol. The summed E-state index contributed by atoms with van der Waals surface area (Å²) >= 11 is 3.37. The number of nitrogens with zero attached hydrogens (tertiary/aromatic N) is 1. The smallest absolute Gasteiger partial charge is 0.336 e. The Morgan fingerprint density at radius 3 is 2.69 bits per heavy atom. The lowest BCUT2D eigenvalue weighted by Crippen LogP contribution is -2.24.